The highest BCUT2D eigenvalue weighted by Gasteiger charge is 2.36. The van der Waals surface area contributed by atoms with E-state index >= 15 is 0 Å². The standard InChI is InChI=1S/C14H23N3O3/c1-10(13(18)15-11-2-3-11)16-5-7-17(8-6-16)12-4-9-20-14(12)19/h10-12H,2-9H2,1H3,(H,15,18). The number of piperazine rings is 1. The quantitative estimate of drug-likeness (QED) is 0.710. The van der Waals surface area contributed by atoms with Crippen molar-refractivity contribution in [1.82, 2.24) is 15.1 Å². The molecule has 6 heteroatoms. The fraction of sp³-hybridized carbons (Fsp3) is 0.857. The summed E-state index contributed by atoms with van der Waals surface area (Å²) >= 11 is 0. The number of hydrogen-bond donors (Lipinski definition) is 1. The fourth-order valence-electron chi connectivity index (χ4n) is 2.97. The molecule has 1 aliphatic carbocycles. The first-order chi connectivity index (χ1) is 9.65. The van der Waals surface area contributed by atoms with Gasteiger partial charge >= 0.3 is 5.97 Å². The van der Waals surface area contributed by atoms with Crippen LogP contribution in [0.3, 0.4) is 0 Å². The number of esters is 1. The van der Waals surface area contributed by atoms with Crippen LogP contribution >= 0.6 is 0 Å². The molecule has 2 saturated heterocycles. The van der Waals surface area contributed by atoms with Gasteiger partial charge in [-0.25, -0.2) is 0 Å². The topological polar surface area (TPSA) is 61.9 Å². The number of ether oxygens (including phenoxy) is 1. The summed E-state index contributed by atoms with van der Waals surface area (Å²) in [5, 5.41) is 3.06. The van der Waals surface area contributed by atoms with Gasteiger partial charge in [-0.05, 0) is 19.8 Å². The molecular weight excluding hydrogens is 258 g/mol. The molecule has 0 radical (unpaired) electrons. The van der Waals surface area contributed by atoms with Crippen LogP contribution in [0.15, 0.2) is 0 Å². The molecule has 2 heterocycles. The third-order valence-electron chi connectivity index (χ3n) is 4.55. The molecule has 3 fully saturated rings. The van der Waals surface area contributed by atoms with Crippen molar-refractivity contribution in [2.75, 3.05) is 32.8 Å². The monoisotopic (exact) mass is 281 g/mol. The Morgan fingerprint density at radius 2 is 1.95 bits per heavy atom. The average molecular weight is 281 g/mol. The van der Waals surface area contributed by atoms with Gasteiger partial charge in [0.2, 0.25) is 5.91 Å². The molecule has 0 aromatic rings. The van der Waals surface area contributed by atoms with Gasteiger partial charge in [0.15, 0.2) is 0 Å². The maximum atomic E-state index is 12.0. The van der Waals surface area contributed by atoms with E-state index in [2.05, 4.69) is 15.1 Å². The van der Waals surface area contributed by atoms with Crippen molar-refractivity contribution in [3.8, 4) is 0 Å². The third-order valence-corrected chi connectivity index (χ3v) is 4.55. The zero-order chi connectivity index (χ0) is 14.1. The lowest BCUT2D eigenvalue weighted by Crippen LogP contribution is -2.56. The summed E-state index contributed by atoms with van der Waals surface area (Å²) in [6, 6.07) is 0.278. The van der Waals surface area contributed by atoms with Gasteiger partial charge < -0.3 is 10.1 Å². The predicted molar refractivity (Wildman–Crippen MR) is 73.1 cm³/mol. The molecular formula is C14H23N3O3. The minimum absolute atomic E-state index is 0.0623. The van der Waals surface area contributed by atoms with Gasteiger partial charge in [-0.3, -0.25) is 19.4 Å². The van der Waals surface area contributed by atoms with Gasteiger partial charge in [0.25, 0.3) is 0 Å². The molecule has 1 N–H and O–H groups in total. The SMILES string of the molecule is CC(C(=O)NC1CC1)N1CCN(C2CCOC2=O)CC1. The second-order valence-electron chi connectivity index (χ2n) is 6.00. The van der Waals surface area contributed by atoms with Crippen LogP contribution in [0.25, 0.3) is 0 Å². The van der Waals surface area contributed by atoms with Gasteiger partial charge in [0.05, 0.1) is 12.6 Å². The van der Waals surface area contributed by atoms with Crippen LogP contribution in [0.1, 0.15) is 26.2 Å². The number of hydrogen-bond acceptors (Lipinski definition) is 5. The summed E-state index contributed by atoms with van der Waals surface area (Å²) in [7, 11) is 0. The van der Waals surface area contributed by atoms with Crippen molar-refractivity contribution in [3.05, 3.63) is 0 Å². The molecule has 1 saturated carbocycles. The maximum absolute atomic E-state index is 12.0. The lowest BCUT2D eigenvalue weighted by molar-refractivity contribution is -0.143. The normalized spacial score (nSPS) is 30.1. The van der Waals surface area contributed by atoms with E-state index in [1.165, 1.54) is 0 Å². The number of amides is 1. The lowest BCUT2D eigenvalue weighted by atomic mass is 10.1. The average Bonchev–Trinajstić information content (AvgIpc) is 3.17. The summed E-state index contributed by atoms with van der Waals surface area (Å²) in [4.78, 5) is 28.0. The zero-order valence-corrected chi connectivity index (χ0v) is 12.0. The van der Waals surface area contributed by atoms with E-state index in [1.54, 1.807) is 0 Å². The molecule has 0 aromatic heterocycles. The Balaban J connectivity index is 1.47. The Bertz CT molecular complexity index is 389. The van der Waals surface area contributed by atoms with Crippen molar-refractivity contribution in [2.45, 2.75) is 44.3 Å². The first kappa shape index (κ1) is 13.8. The van der Waals surface area contributed by atoms with Crippen molar-refractivity contribution in [1.29, 1.82) is 0 Å². The van der Waals surface area contributed by atoms with Crippen molar-refractivity contribution < 1.29 is 14.3 Å². The minimum Gasteiger partial charge on any atom is -0.464 e. The molecule has 3 rings (SSSR count). The Kier molecular flexibility index (Phi) is 3.94. The smallest absolute Gasteiger partial charge is 0.323 e. The van der Waals surface area contributed by atoms with E-state index in [0.29, 0.717) is 12.6 Å². The minimum atomic E-state index is -0.0852. The molecule has 1 amide bonds. The van der Waals surface area contributed by atoms with E-state index in [1.807, 2.05) is 6.92 Å². The molecule has 20 heavy (non-hydrogen) atoms. The van der Waals surface area contributed by atoms with Crippen LogP contribution in [-0.4, -0.2) is 72.6 Å². The van der Waals surface area contributed by atoms with Crippen LogP contribution in [0.5, 0.6) is 0 Å². The number of nitrogens with one attached hydrogen (secondary N) is 1. The highest BCUT2D eigenvalue weighted by atomic mass is 16.5. The molecule has 0 bridgehead atoms. The predicted octanol–water partition coefficient (Wildman–Crippen LogP) is -0.413. The second-order valence-corrected chi connectivity index (χ2v) is 6.00. The number of carbonyl (C=O) groups excluding carboxylic acids is 2. The number of cyclic esters (lactones) is 1. The van der Waals surface area contributed by atoms with Crippen molar-refractivity contribution >= 4 is 11.9 Å². The lowest BCUT2D eigenvalue weighted by Gasteiger charge is -2.38. The van der Waals surface area contributed by atoms with E-state index in [4.69, 9.17) is 4.74 Å². The summed E-state index contributed by atoms with van der Waals surface area (Å²) < 4.78 is 5.02. The summed E-state index contributed by atoms with van der Waals surface area (Å²) in [6.07, 6.45) is 3.04. The molecule has 2 atom stereocenters. The molecule has 3 aliphatic rings. The Labute approximate surface area is 119 Å². The highest BCUT2D eigenvalue weighted by Crippen LogP contribution is 2.20. The molecule has 2 aliphatic heterocycles. The molecule has 112 valence electrons. The van der Waals surface area contributed by atoms with Gasteiger partial charge in [0.1, 0.15) is 6.04 Å². The molecule has 6 nitrogen and oxygen atoms in total. The van der Waals surface area contributed by atoms with Gasteiger partial charge in [0, 0.05) is 38.6 Å². The number of nitrogens with zero attached hydrogens (tertiary/aromatic N) is 2. The first-order valence-electron chi connectivity index (χ1n) is 7.60. The molecule has 0 spiro atoms. The Morgan fingerprint density at radius 3 is 2.50 bits per heavy atom. The van der Waals surface area contributed by atoms with E-state index in [-0.39, 0.29) is 24.0 Å². The maximum Gasteiger partial charge on any atom is 0.323 e. The first-order valence-corrected chi connectivity index (χ1v) is 7.60. The Hall–Kier alpha value is -1.14. The van der Waals surface area contributed by atoms with Crippen molar-refractivity contribution in [2.24, 2.45) is 0 Å². The van der Waals surface area contributed by atoms with Crippen LogP contribution in [0.2, 0.25) is 0 Å². The summed E-state index contributed by atoms with van der Waals surface area (Å²) in [5.74, 6) is 0.0548. The fourth-order valence-corrected chi connectivity index (χ4v) is 2.97. The number of carbonyl (C=O) groups is 2. The van der Waals surface area contributed by atoms with Crippen LogP contribution in [-0.2, 0) is 14.3 Å². The summed E-state index contributed by atoms with van der Waals surface area (Å²) in [5.41, 5.74) is 0. The van der Waals surface area contributed by atoms with Crippen LogP contribution in [0.4, 0.5) is 0 Å². The van der Waals surface area contributed by atoms with Crippen LogP contribution < -0.4 is 5.32 Å². The van der Waals surface area contributed by atoms with Crippen LogP contribution in [0, 0.1) is 0 Å². The summed E-state index contributed by atoms with van der Waals surface area (Å²) in [6.45, 7) is 5.86. The zero-order valence-electron chi connectivity index (χ0n) is 12.0. The van der Waals surface area contributed by atoms with E-state index in [0.717, 1.165) is 45.4 Å². The third kappa shape index (κ3) is 2.96. The number of rotatable bonds is 4. The van der Waals surface area contributed by atoms with E-state index in [9.17, 15) is 9.59 Å². The van der Waals surface area contributed by atoms with Crippen molar-refractivity contribution in [3.63, 3.8) is 0 Å². The largest absolute Gasteiger partial charge is 0.464 e. The van der Waals surface area contributed by atoms with Gasteiger partial charge in [-0.15, -0.1) is 0 Å². The van der Waals surface area contributed by atoms with E-state index < -0.39 is 0 Å². The Morgan fingerprint density at radius 1 is 1.25 bits per heavy atom. The highest BCUT2D eigenvalue weighted by molar-refractivity contribution is 5.82. The molecule has 2 unspecified atom stereocenters. The molecule has 0 aromatic carbocycles. The van der Waals surface area contributed by atoms with Gasteiger partial charge in [-0.2, -0.15) is 0 Å². The van der Waals surface area contributed by atoms with Gasteiger partial charge in [-0.1, -0.05) is 0 Å². The second kappa shape index (κ2) is 5.69.